The van der Waals surface area contributed by atoms with Crippen molar-refractivity contribution < 1.29 is 9.53 Å². The normalized spacial score (nSPS) is 16.1. The number of nitrogens with zero attached hydrogens (tertiary/aromatic N) is 3. The maximum Gasteiger partial charge on any atom is 0.227 e. The molecule has 162 valence electrons. The van der Waals surface area contributed by atoms with Crippen LogP contribution in [0.25, 0.3) is 11.0 Å². The lowest BCUT2D eigenvalue weighted by Crippen LogP contribution is -2.24. The maximum atomic E-state index is 12.9. The van der Waals surface area contributed by atoms with Gasteiger partial charge in [-0.05, 0) is 49.7 Å². The fourth-order valence-electron chi connectivity index (χ4n) is 4.42. The zero-order chi connectivity index (χ0) is 21.9. The molecule has 0 saturated carbocycles. The SMILES string of the molecule is Cc1ccc(N2C[C@@H](c3nc4ccccc4n3CCCOc3ccccc3)CC2=O)cc1. The highest BCUT2D eigenvalue weighted by Crippen LogP contribution is 2.33. The van der Waals surface area contributed by atoms with Crippen molar-refractivity contribution in [3.8, 4) is 5.75 Å². The number of aromatic nitrogens is 2. The van der Waals surface area contributed by atoms with E-state index in [1.54, 1.807) is 0 Å². The third-order valence-corrected chi connectivity index (χ3v) is 6.06. The number of para-hydroxylation sites is 3. The predicted molar refractivity (Wildman–Crippen MR) is 127 cm³/mol. The summed E-state index contributed by atoms with van der Waals surface area (Å²) in [6.07, 6.45) is 1.35. The number of aryl methyl sites for hydroxylation is 2. The molecule has 0 unspecified atom stereocenters. The smallest absolute Gasteiger partial charge is 0.227 e. The van der Waals surface area contributed by atoms with E-state index in [-0.39, 0.29) is 11.8 Å². The predicted octanol–water partition coefficient (Wildman–Crippen LogP) is 5.33. The van der Waals surface area contributed by atoms with Gasteiger partial charge in [0.2, 0.25) is 5.91 Å². The van der Waals surface area contributed by atoms with E-state index in [2.05, 4.69) is 29.7 Å². The molecule has 1 aliphatic heterocycles. The summed E-state index contributed by atoms with van der Waals surface area (Å²) in [5, 5.41) is 0. The number of hydrogen-bond acceptors (Lipinski definition) is 3. The molecule has 2 heterocycles. The lowest BCUT2D eigenvalue weighted by Gasteiger charge is -2.18. The lowest BCUT2D eigenvalue weighted by molar-refractivity contribution is -0.117. The zero-order valence-corrected chi connectivity index (χ0v) is 18.3. The van der Waals surface area contributed by atoms with Crippen LogP contribution in [0.4, 0.5) is 5.69 Å². The van der Waals surface area contributed by atoms with E-state index in [1.165, 1.54) is 5.56 Å². The van der Waals surface area contributed by atoms with Crippen molar-refractivity contribution in [2.75, 3.05) is 18.1 Å². The number of anilines is 1. The van der Waals surface area contributed by atoms with Crippen LogP contribution in [-0.2, 0) is 11.3 Å². The molecule has 1 fully saturated rings. The number of fused-ring (bicyclic) bond motifs is 1. The molecule has 5 nitrogen and oxygen atoms in total. The van der Waals surface area contributed by atoms with E-state index in [1.807, 2.05) is 65.6 Å². The summed E-state index contributed by atoms with van der Waals surface area (Å²) in [5.74, 6) is 2.11. The topological polar surface area (TPSA) is 47.4 Å². The second-order valence-electron chi connectivity index (χ2n) is 8.37. The average Bonchev–Trinajstić information content (AvgIpc) is 3.38. The van der Waals surface area contributed by atoms with Crippen molar-refractivity contribution >= 4 is 22.6 Å². The van der Waals surface area contributed by atoms with Gasteiger partial charge in [-0.2, -0.15) is 0 Å². The molecule has 5 rings (SSSR count). The summed E-state index contributed by atoms with van der Waals surface area (Å²) >= 11 is 0. The first-order valence-corrected chi connectivity index (χ1v) is 11.2. The van der Waals surface area contributed by atoms with Crippen molar-refractivity contribution in [1.29, 1.82) is 0 Å². The van der Waals surface area contributed by atoms with Crippen LogP contribution >= 0.6 is 0 Å². The van der Waals surface area contributed by atoms with Crippen molar-refractivity contribution in [3.63, 3.8) is 0 Å². The quantitative estimate of drug-likeness (QED) is 0.376. The molecule has 0 bridgehead atoms. The van der Waals surface area contributed by atoms with Gasteiger partial charge >= 0.3 is 0 Å². The Morgan fingerprint density at radius 3 is 2.53 bits per heavy atom. The zero-order valence-electron chi connectivity index (χ0n) is 18.3. The molecule has 0 radical (unpaired) electrons. The molecule has 0 spiro atoms. The van der Waals surface area contributed by atoms with Crippen molar-refractivity contribution in [3.05, 3.63) is 90.3 Å². The van der Waals surface area contributed by atoms with Gasteiger partial charge in [0.05, 0.1) is 17.6 Å². The van der Waals surface area contributed by atoms with Crippen LogP contribution in [-0.4, -0.2) is 28.6 Å². The fraction of sp³-hybridized carbons (Fsp3) is 0.259. The van der Waals surface area contributed by atoms with Gasteiger partial charge in [0.1, 0.15) is 11.6 Å². The van der Waals surface area contributed by atoms with E-state index < -0.39 is 0 Å². The van der Waals surface area contributed by atoms with Gasteiger partial charge in [0, 0.05) is 31.1 Å². The van der Waals surface area contributed by atoms with Gasteiger partial charge < -0.3 is 14.2 Å². The molecule has 0 N–H and O–H groups in total. The van der Waals surface area contributed by atoms with E-state index in [0.29, 0.717) is 19.6 Å². The third-order valence-electron chi connectivity index (χ3n) is 6.06. The lowest BCUT2D eigenvalue weighted by atomic mass is 10.1. The molecule has 1 atom stereocenters. The van der Waals surface area contributed by atoms with Gasteiger partial charge in [0.15, 0.2) is 0 Å². The van der Waals surface area contributed by atoms with Crippen LogP contribution in [0.5, 0.6) is 5.75 Å². The number of amides is 1. The average molecular weight is 426 g/mol. The van der Waals surface area contributed by atoms with Crippen LogP contribution in [0.3, 0.4) is 0 Å². The molecule has 1 aromatic heterocycles. The molecule has 32 heavy (non-hydrogen) atoms. The minimum Gasteiger partial charge on any atom is -0.494 e. The van der Waals surface area contributed by atoms with Crippen molar-refractivity contribution in [2.24, 2.45) is 0 Å². The fourth-order valence-corrected chi connectivity index (χ4v) is 4.42. The Kier molecular flexibility index (Phi) is 5.63. The first-order valence-electron chi connectivity index (χ1n) is 11.2. The number of hydrogen-bond donors (Lipinski definition) is 0. The van der Waals surface area contributed by atoms with E-state index >= 15 is 0 Å². The second kappa shape index (κ2) is 8.87. The highest BCUT2D eigenvalue weighted by atomic mass is 16.5. The highest BCUT2D eigenvalue weighted by molar-refractivity contribution is 5.96. The Morgan fingerprint density at radius 2 is 1.72 bits per heavy atom. The molecule has 3 aromatic carbocycles. The Bertz CT molecular complexity index is 1210. The van der Waals surface area contributed by atoms with Crippen LogP contribution in [0, 0.1) is 6.92 Å². The molecular formula is C27H27N3O2. The Morgan fingerprint density at radius 1 is 0.969 bits per heavy atom. The van der Waals surface area contributed by atoms with Gasteiger partial charge in [-0.3, -0.25) is 4.79 Å². The minimum atomic E-state index is 0.0752. The largest absolute Gasteiger partial charge is 0.494 e. The van der Waals surface area contributed by atoms with Crippen LogP contribution in [0.15, 0.2) is 78.9 Å². The van der Waals surface area contributed by atoms with Crippen molar-refractivity contribution in [1.82, 2.24) is 9.55 Å². The molecule has 1 amide bonds. The molecule has 0 aliphatic carbocycles. The number of rotatable bonds is 7. The number of carbonyl (C=O) groups excluding carboxylic acids is 1. The van der Waals surface area contributed by atoms with E-state index in [9.17, 15) is 4.79 Å². The standard InChI is InChI=1S/C27H27N3O2/c1-20-12-14-22(15-13-20)30-19-21(18-26(30)31)27-28-24-10-5-6-11-25(24)29(27)16-7-17-32-23-8-3-2-4-9-23/h2-6,8-15,21H,7,16-19H2,1H3/t21-/m0/s1. The number of benzene rings is 3. The minimum absolute atomic E-state index is 0.0752. The second-order valence-corrected chi connectivity index (χ2v) is 8.37. The van der Waals surface area contributed by atoms with E-state index in [0.717, 1.165) is 41.3 Å². The van der Waals surface area contributed by atoms with Gasteiger partial charge in [0.25, 0.3) is 0 Å². The molecule has 1 saturated heterocycles. The Labute approximate surface area is 188 Å². The molecule has 1 aliphatic rings. The molecular weight excluding hydrogens is 398 g/mol. The molecule has 4 aromatic rings. The monoisotopic (exact) mass is 425 g/mol. The van der Waals surface area contributed by atoms with Crippen molar-refractivity contribution in [2.45, 2.75) is 32.2 Å². The number of carbonyl (C=O) groups is 1. The van der Waals surface area contributed by atoms with Crippen LogP contribution in [0.2, 0.25) is 0 Å². The summed E-state index contributed by atoms with van der Waals surface area (Å²) in [4.78, 5) is 19.7. The summed E-state index contributed by atoms with van der Waals surface area (Å²) in [6.45, 7) is 4.15. The number of imidazole rings is 1. The summed E-state index contributed by atoms with van der Waals surface area (Å²) in [7, 11) is 0. The van der Waals surface area contributed by atoms with Crippen LogP contribution < -0.4 is 9.64 Å². The highest BCUT2D eigenvalue weighted by Gasteiger charge is 2.34. The first-order chi connectivity index (χ1) is 15.7. The summed E-state index contributed by atoms with van der Waals surface area (Å²) < 4.78 is 8.17. The first kappa shape index (κ1) is 20.3. The van der Waals surface area contributed by atoms with E-state index in [4.69, 9.17) is 9.72 Å². The van der Waals surface area contributed by atoms with Gasteiger partial charge in [-0.15, -0.1) is 0 Å². The Hall–Kier alpha value is -3.60. The summed E-state index contributed by atoms with van der Waals surface area (Å²) in [6, 6.07) is 26.3. The summed E-state index contributed by atoms with van der Waals surface area (Å²) in [5.41, 5.74) is 4.25. The van der Waals surface area contributed by atoms with Crippen LogP contribution in [0.1, 0.15) is 30.1 Å². The van der Waals surface area contributed by atoms with Gasteiger partial charge in [-0.1, -0.05) is 48.0 Å². The molecule has 5 heteroatoms. The Balaban J connectivity index is 1.35. The van der Waals surface area contributed by atoms with Gasteiger partial charge in [-0.25, -0.2) is 4.98 Å². The number of ether oxygens (including phenoxy) is 1. The maximum absolute atomic E-state index is 12.9. The third kappa shape index (κ3) is 4.11.